The van der Waals surface area contributed by atoms with Gasteiger partial charge in [-0.2, -0.15) is 0 Å². The van der Waals surface area contributed by atoms with Gasteiger partial charge in [0.05, 0.1) is 0 Å². The lowest BCUT2D eigenvalue weighted by molar-refractivity contribution is 0.0921. The summed E-state index contributed by atoms with van der Waals surface area (Å²) >= 11 is 1.60. The average molecular weight is 278 g/mol. The maximum absolute atomic E-state index is 12.9. The van der Waals surface area contributed by atoms with Crippen LogP contribution in [0.4, 0.5) is 4.39 Å². The van der Waals surface area contributed by atoms with E-state index in [4.69, 9.17) is 4.74 Å². The Morgan fingerprint density at radius 3 is 2.58 bits per heavy atom. The van der Waals surface area contributed by atoms with Gasteiger partial charge in [0.15, 0.2) is 6.61 Å². The Hall–Kier alpha value is -1.68. The van der Waals surface area contributed by atoms with Crippen LogP contribution in [0.15, 0.2) is 24.3 Å². The van der Waals surface area contributed by atoms with Crippen LogP contribution >= 0.6 is 11.3 Å². The summed E-state index contributed by atoms with van der Waals surface area (Å²) < 4.78 is 18.4. The largest absolute Gasteiger partial charge is 0.485 e. The van der Waals surface area contributed by atoms with Crippen molar-refractivity contribution in [3.05, 3.63) is 51.0 Å². The Kier molecular flexibility index (Phi) is 4.00. The average Bonchev–Trinajstić information content (AvgIpc) is 2.67. The molecule has 0 atom stereocenters. The number of carbonyl (C=O) groups excluding carboxylic acids is 1. The first-order valence-corrected chi connectivity index (χ1v) is 6.78. The second-order valence-corrected chi connectivity index (χ2v) is 5.91. The van der Waals surface area contributed by atoms with E-state index in [2.05, 4.69) is 0 Å². The smallest absolute Gasteiger partial charge is 0.201 e. The van der Waals surface area contributed by atoms with Crippen molar-refractivity contribution in [1.82, 2.24) is 0 Å². The maximum atomic E-state index is 12.9. The van der Waals surface area contributed by atoms with Gasteiger partial charge in [-0.1, -0.05) is 0 Å². The second kappa shape index (κ2) is 5.53. The van der Waals surface area contributed by atoms with Crippen molar-refractivity contribution in [2.45, 2.75) is 20.8 Å². The van der Waals surface area contributed by atoms with Crippen LogP contribution in [0.25, 0.3) is 0 Å². The Bertz CT molecular complexity index is 617. The first-order chi connectivity index (χ1) is 8.97. The Morgan fingerprint density at radius 1 is 1.26 bits per heavy atom. The van der Waals surface area contributed by atoms with Gasteiger partial charge in [-0.15, -0.1) is 11.3 Å². The van der Waals surface area contributed by atoms with Crippen molar-refractivity contribution in [2.24, 2.45) is 0 Å². The molecule has 0 radical (unpaired) electrons. The standard InChI is InChI=1S/C15H15FO2S/c1-9-6-12(16)4-5-15(9)18-8-14(17)13-7-10(2)19-11(13)3/h4-7H,8H2,1-3H3. The number of Topliss-reactive ketones (excluding diaryl/α,β-unsaturated/α-hetero) is 1. The summed E-state index contributed by atoms with van der Waals surface area (Å²) in [6, 6.07) is 6.14. The predicted molar refractivity (Wildman–Crippen MR) is 74.8 cm³/mol. The Balaban J connectivity index is 2.06. The first-order valence-electron chi connectivity index (χ1n) is 5.96. The number of hydrogen-bond donors (Lipinski definition) is 0. The van der Waals surface area contributed by atoms with Gasteiger partial charge < -0.3 is 4.74 Å². The molecule has 0 N–H and O–H groups in total. The summed E-state index contributed by atoms with van der Waals surface area (Å²) in [5, 5.41) is 0. The topological polar surface area (TPSA) is 26.3 Å². The number of thiophene rings is 1. The van der Waals surface area contributed by atoms with E-state index in [0.29, 0.717) is 16.9 Å². The number of halogens is 1. The van der Waals surface area contributed by atoms with E-state index >= 15 is 0 Å². The molecule has 1 aromatic heterocycles. The van der Waals surface area contributed by atoms with Gasteiger partial charge in [0.1, 0.15) is 11.6 Å². The molecular weight excluding hydrogens is 263 g/mol. The van der Waals surface area contributed by atoms with Crippen molar-refractivity contribution in [1.29, 1.82) is 0 Å². The second-order valence-electron chi connectivity index (χ2n) is 4.45. The Labute approximate surface area is 115 Å². The highest BCUT2D eigenvalue weighted by molar-refractivity contribution is 7.12. The third-order valence-corrected chi connectivity index (χ3v) is 3.80. The van der Waals surface area contributed by atoms with Crippen LogP contribution in [0.1, 0.15) is 25.7 Å². The van der Waals surface area contributed by atoms with Crippen molar-refractivity contribution < 1.29 is 13.9 Å². The van der Waals surface area contributed by atoms with Crippen molar-refractivity contribution in [2.75, 3.05) is 6.61 Å². The third kappa shape index (κ3) is 3.20. The summed E-state index contributed by atoms with van der Waals surface area (Å²) in [5.74, 6) is 0.186. The quantitative estimate of drug-likeness (QED) is 0.788. The molecular formula is C15H15FO2S. The lowest BCUT2D eigenvalue weighted by atomic mass is 10.1. The minimum absolute atomic E-state index is 0.0243. The van der Waals surface area contributed by atoms with E-state index in [1.807, 2.05) is 19.9 Å². The Morgan fingerprint density at radius 2 is 2.00 bits per heavy atom. The molecule has 0 aliphatic carbocycles. The van der Waals surface area contributed by atoms with Crippen LogP contribution in [0.5, 0.6) is 5.75 Å². The van der Waals surface area contributed by atoms with E-state index in [9.17, 15) is 9.18 Å². The lowest BCUT2D eigenvalue weighted by Crippen LogP contribution is -2.12. The van der Waals surface area contributed by atoms with Crippen LogP contribution in [-0.2, 0) is 0 Å². The maximum Gasteiger partial charge on any atom is 0.201 e. The highest BCUT2D eigenvalue weighted by Gasteiger charge is 2.13. The molecule has 1 heterocycles. The fourth-order valence-corrected chi connectivity index (χ4v) is 2.85. The lowest BCUT2D eigenvalue weighted by Gasteiger charge is -2.08. The number of ketones is 1. The van der Waals surface area contributed by atoms with Gasteiger partial charge >= 0.3 is 0 Å². The zero-order valence-electron chi connectivity index (χ0n) is 11.1. The molecule has 0 fully saturated rings. The van der Waals surface area contributed by atoms with E-state index in [-0.39, 0.29) is 18.2 Å². The number of aryl methyl sites for hydroxylation is 3. The number of hydrogen-bond acceptors (Lipinski definition) is 3. The molecule has 0 saturated carbocycles. The fraction of sp³-hybridized carbons (Fsp3) is 0.267. The highest BCUT2D eigenvalue weighted by Crippen LogP contribution is 2.22. The SMILES string of the molecule is Cc1cc(C(=O)COc2ccc(F)cc2C)c(C)s1. The summed E-state index contributed by atoms with van der Waals surface area (Å²) in [7, 11) is 0. The molecule has 2 nitrogen and oxygen atoms in total. The summed E-state index contributed by atoms with van der Waals surface area (Å²) in [4.78, 5) is 14.1. The fourth-order valence-electron chi connectivity index (χ4n) is 1.90. The van der Waals surface area contributed by atoms with Crippen LogP contribution in [0, 0.1) is 26.6 Å². The first kappa shape index (κ1) is 13.7. The molecule has 0 saturated heterocycles. The molecule has 100 valence electrons. The van der Waals surface area contributed by atoms with Gasteiger partial charge in [-0.3, -0.25) is 4.79 Å². The number of benzene rings is 1. The van der Waals surface area contributed by atoms with Gasteiger partial charge in [0.25, 0.3) is 0 Å². The number of carbonyl (C=O) groups is 1. The van der Waals surface area contributed by atoms with E-state index in [0.717, 1.165) is 9.75 Å². The normalized spacial score (nSPS) is 10.5. The van der Waals surface area contributed by atoms with E-state index in [1.165, 1.54) is 12.1 Å². The molecule has 0 aliphatic heterocycles. The minimum atomic E-state index is -0.305. The molecule has 0 bridgehead atoms. The van der Waals surface area contributed by atoms with Crippen molar-refractivity contribution in [3.63, 3.8) is 0 Å². The monoisotopic (exact) mass is 278 g/mol. The molecule has 0 unspecified atom stereocenters. The van der Waals surface area contributed by atoms with Crippen LogP contribution < -0.4 is 4.74 Å². The molecule has 2 rings (SSSR count). The molecule has 0 spiro atoms. The molecule has 0 amide bonds. The van der Waals surface area contributed by atoms with Gasteiger partial charge in [-0.05, 0) is 50.6 Å². The van der Waals surface area contributed by atoms with E-state index < -0.39 is 0 Å². The van der Waals surface area contributed by atoms with Crippen LogP contribution in [0.3, 0.4) is 0 Å². The molecule has 19 heavy (non-hydrogen) atoms. The van der Waals surface area contributed by atoms with Crippen LogP contribution in [0.2, 0.25) is 0 Å². The van der Waals surface area contributed by atoms with Gasteiger partial charge in [-0.25, -0.2) is 4.39 Å². The number of ether oxygens (including phenoxy) is 1. The van der Waals surface area contributed by atoms with Gasteiger partial charge in [0.2, 0.25) is 5.78 Å². The highest BCUT2D eigenvalue weighted by atomic mass is 32.1. The van der Waals surface area contributed by atoms with Gasteiger partial charge in [0, 0.05) is 15.3 Å². The van der Waals surface area contributed by atoms with Crippen molar-refractivity contribution >= 4 is 17.1 Å². The molecule has 4 heteroatoms. The van der Waals surface area contributed by atoms with Crippen LogP contribution in [-0.4, -0.2) is 12.4 Å². The zero-order valence-corrected chi connectivity index (χ0v) is 11.9. The summed E-state index contributed by atoms with van der Waals surface area (Å²) in [6.07, 6.45) is 0. The molecule has 2 aromatic rings. The predicted octanol–water partition coefficient (Wildman–Crippen LogP) is 4.07. The summed E-state index contributed by atoms with van der Waals surface area (Å²) in [6.45, 7) is 5.62. The molecule has 1 aromatic carbocycles. The zero-order chi connectivity index (χ0) is 14.0. The minimum Gasteiger partial charge on any atom is -0.485 e. The summed E-state index contributed by atoms with van der Waals surface area (Å²) in [5.41, 5.74) is 1.40. The number of rotatable bonds is 4. The third-order valence-electron chi connectivity index (χ3n) is 2.84. The van der Waals surface area contributed by atoms with E-state index in [1.54, 1.807) is 24.3 Å². The molecule has 0 aliphatic rings. The van der Waals surface area contributed by atoms with Crippen molar-refractivity contribution in [3.8, 4) is 5.75 Å².